The molecule has 3 atom stereocenters. The highest BCUT2D eigenvalue weighted by Gasteiger charge is 2.30. The Labute approximate surface area is 106 Å². The summed E-state index contributed by atoms with van der Waals surface area (Å²) in [6.07, 6.45) is 5.36. The molecular weight excluding hydrogens is 214 g/mol. The summed E-state index contributed by atoms with van der Waals surface area (Å²) < 4.78 is 0. The fourth-order valence-corrected chi connectivity index (χ4v) is 2.69. The third-order valence-electron chi connectivity index (χ3n) is 4.18. The molecule has 0 amide bonds. The first-order chi connectivity index (χ1) is 8.00. The Balaban J connectivity index is 2.58. The van der Waals surface area contributed by atoms with E-state index in [4.69, 9.17) is 0 Å². The molecule has 0 bridgehead atoms. The molecule has 1 fully saturated rings. The van der Waals surface area contributed by atoms with E-state index in [0.717, 1.165) is 25.9 Å². The van der Waals surface area contributed by atoms with E-state index in [9.17, 15) is 10.2 Å². The lowest BCUT2D eigenvalue weighted by atomic mass is 9.85. The maximum Gasteiger partial charge on any atom is 0.0527 e. The SMILES string of the molecule is CCC(C)(CO)CN1CCCCC1CC(C)O. The number of hydrogen-bond acceptors (Lipinski definition) is 3. The maximum absolute atomic E-state index is 9.56. The number of aliphatic hydroxyl groups is 2. The minimum atomic E-state index is -0.220. The summed E-state index contributed by atoms with van der Waals surface area (Å²) in [4.78, 5) is 2.48. The molecule has 1 saturated heterocycles. The van der Waals surface area contributed by atoms with E-state index in [-0.39, 0.29) is 18.1 Å². The lowest BCUT2D eigenvalue weighted by molar-refractivity contribution is 0.0289. The van der Waals surface area contributed by atoms with Crippen LogP contribution in [0.5, 0.6) is 0 Å². The largest absolute Gasteiger partial charge is 0.396 e. The molecule has 0 saturated carbocycles. The lowest BCUT2D eigenvalue weighted by Gasteiger charge is -2.41. The first kappa shape index (κ1) is 14.9. The summed E-state index contributed by atoms with van der Waals surface area (Å²) in [6, 6.07) is 0.501. The van der Waals surface area contributed by atoms with E-state index in [0.29, 0.717) is 6.04 Å². The Morgan fingerprint density at radius 1 is 1.41 bits per heavy atom. The van der Waals surface area contributed by atoms with Crippen LogP contribution in [0.25, 0.3) is 0 Å². The van der Waals surface area contributed by atoms with Crippen LogP contribution in [0.4, 0.5) is 0 Å². The molecule has 0 aromatic carbocycles. The predicted octanol–water partition coefficient (Wildman–Crippen LogP) is 2.02. The van der Waals surface area contributed by atoms with E-state index in [1.807, 2.05) is 6.92 Å². The zero-order valence-electron chi connectivity index (χ0n) is 11.7. The summed E-state index contributed by atoms with van der Waals surface area (Å²) in [5.74, 6) is 0. The molecule has 0 spiro atoms. The van der Waals surface area contributed by atoms with Crippen molar-refractivity contribution < 1.29 is 10.2 Å². The van der Waals surface area contributed by atoms with Crippen LogP contribution in [0.3, 0.4) is 0 Å². The van der Waals surface area contributed by atoms with Gasteiger partial charge >= 0.3 is 0 Å². The van der Waals surface area contributed by atoms with Crippen LogP contribution in [0, 0.1) is 5.41 Å². The first-order valence-corrected chi connectivity index (χ1v) is 7.03. The average Bonchev–Trinajstić information content (AvgIpc) is 2.31. The minimum Gasteiger partial charge on any atom is -0.396 e. The van der Waals surface area contributed by atoms with Gasteiger partial charge in [-0.15, -0.1) is 0 Å². The Hall–Kier alpha value is -0.120. The Morgan fingerprint density at radius 2 is 2.12 bits per heavy atom. The smallest absolute Gasteiger partial charge is 0.0527 e. The van der Waals surface area contributed by atoms with Gasteiger partial charge in [-0.1, -0.05) is 20.3 Å². The van der Waals surface area contributed by atoms with Crippen LogP contribution in [0.2, 0.25) is 0 Å². The van der Waals surface area contributed by atoms with Crippen molar-refractivity contribution in [2.75, 3.05) is 19.7 Å². The van der Waals surface area contributed by atoms with Crippen molar-refractivity contribution in [2.24, 2.45) is 5.41 Å². The van der Waals surface area contributed by atoms with Crippen LogP contribution >= 0.6 is 0 Å². The number of hydrogen-bond donors (Lipinski definition) is 2. The molecule has 3 unspecified atom stereocenters. The van der Waals surface area contributed by atoms with E-state index < -0.39 is 0 Å². The van der Waals surface area contributed by atoms with Crippen LogP contribution in [-0.4, -0.2) is 47.0 Å². The van der Waals surface area contributed by atoms with Gasteiger partial charge < -0.3 is 10.2 Å². The van der Waals surface area contributed by atoms with Gasteiger partial charge in [0.25, 0.3) is 0 Å². The number of nitrogens with zero attached hydrogens (tertiary/aromatic N) is 1. The van der Waals surface area contributed by atoms with E-state index in [1.165, 1.54) is 19.3 Å². The fourth-order valence-electron chi connectivity index (χ4n) is 2.69. The van der Waals surface area contributed by atoms with E-state index in [2.05, 4.69) is 18.7 Å². The molecule has 0 aliphatic carbocycles. The Kier molecular flexibility index (Phi) is 5.90. The zero-order chi connectivity index (χ0) is 12.9. The summed E-state index contributed by atoms with van der Waals surface area (Å²) in [7, 11) is 0. The van der Waals surface area contributed by atoms with Gasteiger partial charge in [0.05, 0.1) is 6.10 Å². The van der Waals surface area contributed by atoms with Crippen LogP contribution in [0.15, 0.2) is 0 Å². The molecule has 102 valence electrons. The highest BCUT2D eigenvalue weighted by atomic mass is 16.3. The summed E-state index contributed by atoms with van der Waals surface area (Å²) in [6.45, 7) is 8.49. The highest BCUT2D eigenvalue weighted by molar-refractivity contribution is 4.84. The molecule has 1 aliphatic rings. The molecule has 3 nitrogen and oxygen atoms in total. The van der Waals surface area contributed by atoms with Crippen molar-refractivity contribution >= 4 is 0 Å². The van der Waals surface area contributed by atoms with Gasteiger partial charge in [0.15, 0.2) is 0 Å². The fraction of sp³-hybridized carbons (Fsp3) is 1.00. The van der Waals surface area contributed by atoms with Crippen molar-refractivity contribution in [2.45, 2.75) is 65.0 Å². The van der Waals surface area contributed by atoms with E-state index >= 15 is 0 Å². The van der Waals surface area contributed by atoms with Gasteiger partial charge in [0.1, 0.15) is 0 Å². The lowest BCUT2D eigenvalue weighted by Crippen LogP contribution is -2.47. The number of rotatable bonds is 6. The van der Waals surface area contributed by atoms with Gasteiger partial charge in [0, 0.05) is 24.6 Å². The zero-order valence-corrected chi connectivity index (χ0v) is 11.7. The number of aliphatic hydroxyl groups excluding tert-OH is 2. The summed E-state index contributed by atoms with van der Waals surface area (Å²) in [5.41, 5.74) is 0.00822. The number of piperidine rings is 1. The molecule has 17 heavy (non-hydrogen) atoms. The molecule has 2 N–H and O–H groups in total. The quantitative estimate of drug-likeness (QED) is 0.750. The highest BCUT2D eigenvalue weighted by Crippen LogP contribution is 2.28. The van der Waals surface area contributed by atoms with Gasteiger partial charge in [-0.2, -0.15) is 0 Å². The molecular formula is C14H29NO2. The molecule has 3 heteroatoms. The van der Waals surface area contributed by atoms with Gasteiger partial charge in [-0.05, 0) is 39.2 Å². The van der Waals surface area contributed by atoms with Gasteiger partial charge in [0.2, 0.25) is 0 Å². The standard InChI is InChI=1S/C14H29NO2/c1-4-14(3,11-16)10-15-8-6-5-7-13(15)9-12(2)17/h12-13,16-17H,4-11H2,1-3H3. The predicted molar refractivity (Wildman–Crippen MR) is 71.0 cm³/mol. The monoisotopic (exact) mass is 243 g/mol. The Bertz CT molecular complexity index is 214. The average molecular weight is 243 g/mol. The van der Waals surface area contributed by atoms with E-state index in [1.54, 1.807) is 0 Å². The minimum absolute atomic E-state index is 0.00822. The van der Waals surface area contributed by atoms with Crippen LogP contribution in [0.1, 0.15) is 52.9 Å². The van der Waals surface area contributed by atoms with Crippen molar-refractivity contribution in [1.29, 1.82) is 0 Å². The Morgan fingerprint density at radius 3 is 2.65 bits per heavy atom. The molecule has 0 aromatic rings. The second-order valence-electron chi connectivity index (χ2n) is 6.03. The van der Waals surface area contributed by atoms with Crippen LogP contribution in [-0.2, 0) is 0 Å². The third kappa shape index (κ3) is 4.57. The van der Waals surface area contributed by atoms with Gasteiger partial charge in [-0.3, -0.25) is 4.90 Å². The first-order valence-electron chi connectivity index (χ1n) is 7.03. The van der Waals surface area contributed by atoms with Gasteiger partial charge in [-0.25, -0.2) is 0 Å². The van der Waals surface area contributed by atoms with Crippen LogP contribution < -0.4 is 0 Å². The maximum atomic E-state index is 9.56. The molecule has 0 aromatic heterocycles. The molecule has 0 radical (unpaired) electrons. The summed E-state index contributed by atoms with van der Waals surface area (Å²) >= 11 is 0. The van der Waals surface area contributed by atoms with Crippen molar-refractivity contribution in [3.63, 3.8) is 0 Å². The third-order valence-corrected chi connectivity index (χ3v) is 4.18. The van der Waals surface area contributed by atoms with Crippen molar-refractivity contribution in [1.82, 2.24) is 4.90 Å². The number of likely N-dealkylation sites (tertiary alicyclic amines) is 1. The topological polar surface area (TPSA) is 43.7 Å². The molecule has 1 rings (SSSR count). The second-order valence-corrected chi connectivity index (χ2v) is 6.03. The van der Waals surface area contributed by atoms with Crippen molar-refractivity contribution in [3.05, 3.63) is 0 Å². The summed E-state index contributed by atoms with van der Waals surface area (Å²) in [5, 5.41) is 19.1. The molecule has 1 heterocycles. The van der Waals surface area contributed by atoms with Crippen molar-refractivity contribution in [3.8, 4) is 0 Å². The second kappa shape index (κ2) is 6.72. The normalized spacial score (nSPS) is 27.7. The molecule has 1 aliphatic heterocycles.